The third-order valence-corrected chi connectivity index (χ3v) is 2.32. The largest absolute Gasteiger partial charge is 0.476 e. The summed E-state index contributed by atoms with van der Waals surface area (Å²) in [7, 11) is 1.61. The number of methoxy groups -OCH3 is 1. The van der Waals surface area contributed by atoms with Crippen molar-refractivity contribution >= 4 is 5.97 Å². The first kappa shape index (κ1) is 11.6. The van der Waals surface area contributed by atoms with E-state index in [1.165, 1.54) is 0 Å². The number of hydrogen-bond donors (Lipinski definition) is 2. The van der Waals surface area contributed by atoms with E-state index in [1.54, 1.807) is 7.11 Å². The van der Waals surface area contributed by atoms with Crippen molar-refractivity contribution in [2.45, 2.75) is 25.7 Å². The molecule has 0 aliphatic rings. The normalized spacial score (nSPS) is 11.7. The van der Waals surface area contributed by atoms with Gasteiger partial charge in [0.2, 0.25) is 0 Å². The summed E-state index contributed by atoms with van der Waals surface area (Å²) in [5, 5.41) is 18.7. The smallest absolute Gasteiger partial charge is 0.358 e. The number of carboxylic acid groups (broad SMARTS) is 1. The molecule has 0 amide bonds. The molecule has 2 N–H and O–H groups in total. The Balaban J connectivity index is 2.93. The van der Waals surface area contributed by atoms with Crippen molar-refractivity contribution in [1.29, 1.82) is 0 Å². The number of nitrogens with one attached hydrogen (secondary N) is 1. The van der Waals surface area contributed by atoms with Crippen molar-refractivity contribution in [1.82, 2.24) is 15.4 Å². The zero-order chi connectivity index (χ0) is 11.5. The Morgan fingerprint density at radius 2 is 2.20 bits per heavy atom. The maximum Gasteiger partial charge on any atom is 0.358 e. The number of hydrogen-bond acceptors (Lipinski definition) is 4. The van der Waals surface area contributed by atoms with Crippen molar-refractivity contribution < 1.29 is 14.6 Å². The first-order chi connectivity index (χ1) is 6.99. The van der Waals surface area contributed by atoms with E-state index in [4.69, 9.17) is 9.84 Å². The number of ether oxygens (including phenoxy) is 1. The standard InChI is InChI=1S/C9H15N3O3/c1-9(2,4-5-15-3)7-6(8(13)14)10-12-11-7/h4-5H2,1-3H3,(H,13,14)(H,10,11,12). The molecule has 0 fully saturated rings. The summed E-state index contributed by atoms with van der Waals surface area (Å²) in [6, 6.07) is 0. The Labute approximate surface area is 87.6 Å². The van der Waals surface area contributed by atoms with E-state index in [-0.39, 0.29) is 11.1 Å². The molecule has 6 heteroatoms. The predicted octanol–water partition coefficient (Wildman–Crippen LogP) is 0.817. The minimum Gasteiger partial charge on any atom is -0.476 e. The molecule has 0 saturated carbocycles. The fourth-order valence-corrected chi connectivity index (χ4v) is 1.33. The molecule has 0 aliphatic carbocycles. The van der Waals surface area contributed by atoms with Crippen LogP contribution in [-0.4, -0.2) is 40.2 Å². The number of aromatic amines is 1. The average molecular weight is 213 g/mol. The van der Waals surface area contributed by atoms with E-state index in [2.05, 4.69) is 15.4 Å². The van der Waals surface area contributed by atoms with Crippen LogP contribution in [0.1, 0.15) is 36.5 Å². The van der Waals surface area contributed by atoms with E-state index in [9.17, 15) is 4.79 Å². The maximum absolute atomic E-state index is 10.8. The van der Waals surface area contributed by atoms with Crippen molar-refractivity contribution in [2.75, 3.05) is 13.7 Å². The number of carbonyl (C=O) groups is 1. The number of H-pyrrole nitrogens is 1. The van der Waals surface area contributed by atoms with E-state index in [0.717, 1.165) is 0 Å². The van der Waals surface area contributed by atoms with Gasteiger partial charge in [-0.05, 0) is 6.42 Å². The van der Waals surface area contributed by atoms with Gasteiger partial charge in [-0.1, -0.05) is 13.8 Å². The van der Waals surface area contributed by atoms with E-state index in [1.807, 2.05) is 13.8 Å². The quantitative estimate of drug-likeness (QED) is 0.755. The number of rotatable bonds is 5. The lowest BCUT2D eigenvalue weighted by Gasteiger charge is -2.21. The Morgan fingerprint density at radius 1 is 1.53 bits per heavy atom. The molecule has 0 saturated heterocycles. The monoisotopic (exact) mass is 213 g/mol. The Bertz CT molecular complexity index is 346. The summed E-state index contributed by atoms with van der Waals surface area (Å²) < 4.78 is 4.97. The van der Waals surface area contributed by atoms with Crippen LogP contribution in [0.3, 0.4) is 0 Å². The molecule has 0 bridgehead atoms. The topological polar surface area (TPSA) is 88.1 Å². The van der Waals surface area contributed by atoms with Gasteiger partial charge < -0.3 is 9.84 Å². The number of nitrogens with zero attached hydrogens (tertiary/aromatic N) is 2. The van der Waals surface area contributed by atoms with Crippen LogP contribution >= 0.6 is 0 Å². The second-order valence-corrected chi connectivity index (χ2v) is 3.95. The number of carboxylic acids is 1. The van der Waals surface area contributed by atoms with Crippen LogP contribution < -0.4 is 0 Å². The molecular formula is C9H15N3O3. The van der Waals surface area contributed by atoms with Crippen LogP contribution in [0.25, 0.3) is 0 Å². The van der Waals surface area contributed by atoms with Gasteiger partial charge in [0.1, 0.15) is 5.69 Å². The highest BCUT2D eigenvalue weighted by Gasteiger charge is 2.29. The van der Waals surface area contributed by atoms with Gasteiger partial charge in [-0.25, -0.2) is 4.79 Å². The molecule has 1 aromatic rings. The molecule has 0 aromatic carbocycles. The van der Waals surface area contributed by atoms with E-state index in [0.29, 0.717) is 18.7 Å². The highest BCUT2D eigenvalue weighted by molar-refractivity contribution is 5.86. The molecule has 1 aromatic heterocycles. The zero-order valence-electron chi connectivity index (χ0n) is 9.07. The SMILES string of the molecule is COCCC(C)(C)c1n[nH]nc1C(=O)O. The molecule has 6 nitrogen and oxygen atoms in total. The summed E-state index contributed by atoms with van der Waals surface area (Å²) in [5.41, 5.74) is 0.0830. The van der Waals surface area contributed by atoms with Crippen LogP contribution in [0.2, 0.25) is 0 Å². The predicted molar refractivity (Wildman–Crippen MR) is 52.9 cm³/mol. The molecular weight excluding hydrogens is 198 g/mol. The van der Waals surface area contributed by atoms with Gasteiger partial charge in [0.05, 0.1) is 0 Å². The Morgan fingerprint density at radius 3 is 2.73 bits per heavy atom. The van der Waals surface area contributed by atoms with Crippen LogP contribution in [0.15, 0.2) is 0 Å². The summed E-state index contributed by atoms with van der Waals surface area (Å²) in [5.74, 6) is -1.07. The lowest BCUT2D eigenvalue weighted by Crippen LogP contribution is -2.23. The Kier molecular flexibility index (Phi) is 3.41. The molecule has 0 atom stereocenters. The van der Waals surface area contributed by atoms with E-state index < -0.39 is 5.97 Å². The van der Waals surface area contributed by atoms with Gasteiger partial charge in [0, 0.05) is 19.1 Å². The first-order valence-corrected chi connectivity index (χ1v) is 4.62. The minimum absolute atomic E-state index is 0.0175. The van der Waals surface area contributed by atoms with Crippen molar-refractivity contribution in [2.24, 2.45) is 0 Å². The van der Waals surface area contributed by atoms with Gasteiger partial charge in [0.25, 0.3) is 0 Å². The van der Waals surface area contributed by atoms with Crippen LogP contribution in [0, 0.1) is 0 Å². The van der Waals surface area contributed by atoms with E-state index >= 15 is 0 Å². The zero-order valence-corrected chi connectivity index (χ0v) is 9.07. The van der Waals surface area contributed by atoms with Gasteiger partial charge in [-0.2, -0.15) is 10.3 Å². The Hall–Kier alpha value is -1.43. The minimum atomic E-state index is -1.07. The summed E-state index contributed by atoms with van der Waals surface area (Å²) in [6.07, 6.45) is 0.691. The molecule has 15 heavy (non-hydrogen) atoms. The molecule has 0 unspecified atom stereocenters. The van der Waals surface area contributed by atoms with Crippen molar-refractivity contribution in [3.63, 3.8) is 0 Å². The first-order valence-electron chi connectivity index (χ1n) is 4.62. The molecule has 0 radical (unpaired) electrons. The van der Waals surface area contributed by atoms with Crippen LogP contribution in [0.4, 0.5) is 0 Å². The van der Waals surface area contributed by atoms with Gasteiger partial charge in [-0.3, -0.25) is 0 Å². The van der Waals surface area contributed by atoms with Crippen molar-refractivity contribution in [3.8, 4) is 0 Å². The second-order valence-electron chi connectivity index (χ2n) is 3.95. The second kappa shape index (κ2) is 4.39. The summed E-state index contributed by atoms with van der Waals surface area (Å²) in [6.45, 7) is 4.38. The maximum atomic E-state index is 10.8. The van der Waals surface area contributed by atoms with Gasteiger partial charge in [-0.15, -0.1) is 5.10 Å². The number of aromatic nitrogens is 3. The molecule has 84 valence electrons. The summed E-state index contributed by atoms with van der Waals surface area (Å²) in [4.78, 5) is 10.8. The molecule has 0 aliphatic heterocycles. The molecule has 1 heterocycles. The van der Waals surface area contributed by atoms with Crippen LogP contribution in [-0.2, 0) is 10.2 Å². The van der Waals surface area contributed by atoms with Gasteiger partial charge >= 0.3 is 5.97 Å². The third-order valence-electron chi connectivity index (χ3n) is 2.32. The fraction of sp³-hybridized carbons (Fsp3) is 0.667. The highest BCUT2D eigenvalue weighted by Crippen LogP contribution is 2.26. The average Bonchev–Trinajstić information content (AvgIpc) is 2.63. The fourth-order valence-electron chi connectivity index (χ4n) is 1.33. The lowest BCUT2D eigenvalue weighted by molar-refractivity contribution is 0.0686. The lowest BCUT2D eigenvalue weighted by atomic mass is 9.85. The molecule has 1 rings (SSSR count). The van der Waals surface area contributed by atoms with Crippen molar-refractivity contribution in [3.05, 3.63) is 11.4 Å². The highest BCUT2D eigenvalue weighted by atomic mass is 16.5. The molecule has 0 spiro atoms. The third kappa shape index (κ3) is 2.53. The summed E-state index contributed by atoms with van der Waals surface area (Å²) >= 11 is 0. The van der Waals surface area contributed by atoms with Gasteiger partial charge in [0.15, 0.2) is 5.69 Å². The number of aromatic carboxylic acids is 1. The van der Waals surface area contributed by atoms with Crippen LogP contribution in [0.5, 0.6) is 0 Å².